The van der Waals surface area contributed by atoms with Gasteiger partial charge in [0, 0.05) is 12.5 Å². The van der Waals surface area contributed by atoms with E-state index in [1.807, 2.05) is 0 Å². The van der Waals surface area contributed by atoms with E-state index >= 15 is 0 Å². The number of hydrogen-bond donors (Lipinski definition) is 1. The van der Waals surface area contributed by atoms with Gasteiger partial charge in [0.25, 0.3) is 0 Å². The van der Waals surface area contributed by atoms with Crippen LogP contribution in [0.25, 0.3) is 0 Å². The molecule has 0 spiro atoms. The maximum absolute atomic E-state index is 12.1. The van der Waals surface area contributed by atoms with Gasteiger partial charge in [-0.25, -0.2) is 0 Å². The molecule has 0 aliphatic heterocycles. The van der Waals surface area contributed by atoms with Gasteiger partial charge in [0.2, 0.25) is 5.91 Å². The van der Waals surface area contributed by atoms with Crippen molar-refractivity contribution in [1.82, 2.24) is 10.2 Å². The molecule has 0 aliphatic rings. The van der Waals surface area contributed by atoms with Gasteiger partial charge < -0.3 is 10.1 Å². The summed E-state index contributed by atoms with van der Waals surface area (Å²) < 4.78 is 5.10. The van der Waals surface area contributed by atoms with Crippen LogP contribution in [0.15, 0.2) is 41.4 Å². The highest BCUT2D eigenvalue weighted by atomic mass is 32.2. The normalized spacial score (nSPS) is 10.1. The Kier molecular flexibility index (Phi) is 5.48. The summed E-state index contributed by atoms with van der Waals surface area (Å²) in [6.45, 7) is 1.40. The minimum atomic E-state index is -0.206. The number of nitrogens with one attached hydrogen (secondary N) is 1. The molecule has 6 nitrogen and oxygen atoms in total. The van der Waals surface area contributed by atoms with Crippen molar-refractivity contribution in [2.75, 3.05) is 18.2 Å². The molecule has 0 radical (unpaired) electrons. The van der Waals surface area contributed by atoms with E-state index in [0.29, 0.717) is 22.2 Å². The van der Waals surface area contributed by atoms with Gasteiger partial charge in [-0.15, -0.1) is 10.2 Å². The molecule has 0 atom stereocenters. The third kappa shape index (κ3) is 4.56. The average molecular weight is 317 g/mol. The summed E-state index contributed by atoms with van der Waals surface area (Å²) in [6, 6.07) is 10.4. The zero-order valence-corrected chi connectivity index (χ0v) is 13.0. The predicted octanol–water partition coefficient (Wildman–Crippen LogP) is 2.42. The summed E-state index contributed by atoms with van der Waals surface area (Å²) in [6.07, 6.45) is 0. The van der Waals surface area contributed by atoms with E-state index in [-0.39, 0.29) is 17.4 Å². The number of nitrogens with zero attached hydrogens (tertiary/aromatic N) is 2. The number of aromatic nitrogens is 2. The first-order valence-corrected chi connectivity index (χ1v) is 7.48. The lowest BCUT2D eigenvalue weighted by molar-refractivity contribution is -0.114. The summed E-state index contributed by atoms with van der Waals surface area (Å²) in [4.78, 5) is 23.0. The van der Waals surface area contributed by atoms with Crippen molar-refractivity contribution in [2.45, 2.75) is 11.9 Å². The van der Waals surface area contributed by atoms with Crippen LogP contribution in [-0.2, 0) is 4.79 Å². The summed E-state index contributed by atoms with van der Waals surface area (Å²) in [5.74, 6) is 1.06. The molecule has 7 heteroatoms. The Morgan fingerprint density at radius 1 is 1.23 bits per heavy atom. The van der Waals surface area contributed by atoms with E-state index in [9.17, 15) is 9.59 Å². The molecule has 2 aromatic rings. The number of ketones is 1. The fourth-order valence-electron chi connectivity index (χ4n) is 1.66. The fourth-order valence-corrected chi connectivity index (χ4v) is 2.37. The van der Waals surface area contributed by atoms with Gasteiger partial charge >= 0.3 is 0 Å². The van der Waals surface area contributed by atoms with Crippen LogP contribution in [0.3, 0.4) is 0 Å². The molecule has 0 saturated carbocycles. The van der Waals surface area contributed by atoms with Gasteiger partial charge in [-0.2, -0.15) is 0 Å². The molecule has 2 rings (SSSR count). The number of amides is 1. The van der Waals surface area contributed by atoms with E-state index < -0.39 is 0 Å². The van der Waals surface area contributed by atoms with E-state index in [1.165, 1.54) is 18.7 Å². The van der Waals surface area contributed by atoms with Crippen molar-refractivity contribution >= 4 is 29.3 Å². The summed E-state index contributed by atoms with van der Waals surface area (Å²) in [7, 11) is 1.56. The van der Waals surface area contributed by atoms with Crippen molar-refractivity contribution in [3.8, 4) is 5.75 Å². The van der Waals surface area contributed by atoms with E-state index in [2.05, 4.69) is 15.5 Å². The van der Waals surface area contributed by atoms with Crippen molar-refractivity contribution in [3.05, 3.63) is 42.0 Å². The number of benzene rings is 1. The molecule has 1 aromatic heterocycles. The van der Waals surface area contributed by atoms with Crippen molar-refractivity contribution in [3.63, 3.8) is 0 Å². The van der Waals surface area contributed by atoms with E-state index in [4.69, 9.17) is 4.74 Å². The third-order valence-corrected chi connectivity index (χ3v) is 3.61. The lowest BCUT2D eigenvalue weighted by Crippen LogP contribution is -2.08. The van der Waals surface area contributed by atoms with Gasteiger partial charge in [0.1, 0.15) is 10.8 Å². The first-order chi connectivity index (χ1) is 10.6. The molecule has 114 valence electrons. The maximum atomic E-state index is 12.1. The van der Waals surface area contributed by atoms with Crippen LogP contribution in [0.4, 0.5) is 5.82 Å². The maximum Gasteiger partial charge on any atom is 0.222 e. The highest BCUT2D eigenvalue weighted by molar-refractivity contribution is 7.99. The number of anilines is 1. The van der Waals surface area contributed by atoms with E-state index in [1.54, 1.807) is 43.5 Å². The first-order valence-electron chi connectivity index (χ1n) is 6.50. The smallest absolute Gasteiger partial charge is 0.222 e. The number of rotatable bonds is 6. The lowest BCUT2D eigenvalue weighted by Gasteiger charge is -2.04. The minimum absolute atomic E-state index is 0.0170. The quantitative estimate of drug-likeness (QED) is 0.651. The molecular formula is C15H15N3O3S. The number of carbonyl (C=O) groups is 2. The number of Topliss-reactive ketones (excluding diaryl/α,β-unsaturated/α-hetero) is 1. The second-order valence-corrected chi connectivity index (χ2v) is 5.38. The molecule has 1 amide bonds. The first kappa shape index (κ1) is 16.0. The zero-order valence-electron chi connectivity index (χ0n) is 12.2. The van der Waals surface area contributed by atoms with Gasteiger partial charge in [-0.05, 0) is 24.3 Å². The Morgan fingerprint density at radius 3 is 2.68 bits per heavy atom. The average Bonchev–Trinajstić information content (AvgIpc) is 2.53. The van der Waals surface area contributed by atoms with Crippen LogP contribution in [0.5, 0.6) is 5.75 Å². The second kappa shape index (κ2) is 7.56. The Morgan fingerprint density at radius 2 is 2.05 bits per heavy atom. The molecule has 0 unspecified atom stereocenters. The highest BCUT2D eigenvalue weighted by Crippen LogP contribution is 2.19. The van der Waals surface area contributed by atoms with Crippen molar-refractivity contribution in [1.29, 1.82) is 0 Å². The van der Waals surface area contributed by atoms with Crippen molar-refractivity contribution < 1.29 is 14.3 Å². The summed E-state index contributed by atoms with van der Waals surface area (Å²) in [5, 5.41) is 11.0. The Balaban J connectivity index is 1.94. The predicted molar refractivity (Wildman–Crippen MR) is 84.4 cm³/mol. The molecule has 1 heterocycles. The molecular weight excluding hydrogens is 302 g/mol. The Bertz CT molecular complexity index is 674. The monoisotopic (exact) mass is 317 g/mol. The van der Waals surface area contributed by atoms with Gasteiger partial charge in [0.05, 0.1) is 12.9 Å². The Labute approximate surface area is 132 Å². The molecule has 0 saturated heterocycles. The molecule has 22 heavy (non-hydrogen) atoms. The van der Waals surface area contributed by atoms with Gasteiger partial charge in [-0.1, -0.05) is 23.9 Å². The minimum Gasteiger partial charge on any atom is -0.497 e. The molecule has 0 fully saturated rings. The number of ether oxygens (including phenoxy) is 1. The largest absolute Gasteiger partial charge is 0.497 e. The van der Waals surface area contributed by atoms with E-state index in [0.717, 1.165) is 0 Å². The number of thioether (sulfide) groups is 1. The molecule has 1 aromatic carbocycles. The molecule has 0 bridgehead atoms. The summed E-state index contributed by atoms with van der Waals surface area (Å²) >= 11 is 1.29. The van der Waals surface area contributed by atoms with Crippen LogP contribution in [0.1, 0.15) is 17.3 Å². The zero-order chi connectivity index (χ0) is 15.9. The van der Waals surface area contributed by atoms with Crippen LogP contribution in [0.2, 0.25) is 0 Å². The third-order valence-electron chi connectivity index (χ3n) is 2.69. The van der Waals surface area contributed by atoms with Crippen molar-refractivity contribution in [2.24, 2.45) is 0 Å². The number of methoxy groups -OCH3 is 1. The highest BCUT2D eigenvalue weighted by Gasteiger charge is 2.09. The molecule has 1 N–H and O–H groups in total. The topological polar surface area (TPSA) is 81.2 Å². The van der Waals surface area contributed by atoms with Crippen LogP contribution in [-0.4, -0.2) is 34.8 Å². The standard InChI is InChI=1S/C15H15N3O3S/c1-10(19)16-14-6-7-15(18-17-14)22-9-13(20)11-4-3-5-12(8-11)21-2/h3-8H,9H2,1-2H3,(H,16,17,19). The molecule has 0 aliphatic carbocycles. The summed E-state index contributed by atoms with van der Waals surface area (Å²) in [5.41, 5.74) is 0.592. The number of carbonyl (C=O) groups excluding carboxylic acids is 2. The van der Waals surface area contributed by atoms with Gasteiger partial charge in [-0.3, -0.25) is 9.59 Å². The van der Waals surface area contributed by atoms with Crippen LogP contribution >= 0.6 is 11.8 Å². The fraction of sp³-hybridized carbons (Fsp3) is 0.200. The SMILES string of the molecule is COc1cccc(C(=O)CSc2ccc(NC(C)=O)nn2)c1. The van der Waals surface area contributed by atoms with Gasteiger partial charge in [0.15, 0.2) is 11.6 Å². The van der Waals surface area contributed by atoms with Crippen LogP contribution < -0.4 is 10.1 Å². The van der Waals surface area contributed by atoms with Crippen LogP contribution in [0, 0.1) is 0 Å². The number of hydrogen-bond acceptors (Lipinski definition) is 6. The Hall–Kier alpha value is -2.41. The lowest BCUT2D eigenvalue weighted by atomic mass is 10.1. The second-order valence-electron chi connectivity index (χ2n) is 4.38.